The molecule has 2 amide bonds. The lowest BCUT2D eigenvalue weighted by molar-refractivity contribution is -0.141. The Bertz CT molecular complexity index is 467. The largest absolute Gasteiger partial charge is 0.508 e. The van der Waals surface area contributed by atoms with Gasteiger partial charge in [0.2, 0.25) is 11.8 Å². The molecule has 1 aliphatic rings. The lowest BCUT2D eigenvalue weighted by atomic mass is 10.1. The van der Waals surface area contributed by atoms with Gasteiger partial charge < -0.3 is 5.11 Å². The third kappa shape index (κ3) is 4.08. The van der Waals surface area contributed by atoms with Crippen LogP contribution < -0.4 is 0 Å². The van der Waals surface area contributed by atoms with Crippen molar-refractivity contribution in [2.75, 3.05) is 6.54 Å². The van der Waals surface area contributed by atoms with Crippen molar-refractivity contribution >= 4 is 11.8 Å². The molecule has 0 bridgehead atoms. The molecule has 2 rings (SSSR count). The molecule has 0 spiro atoms. The topological polar surface area (TPSA) is 57.6 Å². The van der Waals surface area contributed by atoms with Crippen LogP contribution in [0.4, 0.5) is 0 Å². The van der Waals surface area contributed by atoms with E-state index in [2.05, 4.69) is 0 Å². The number of nitrogens with zero attached hydrogens (tertiary/aromatic N) is 1. The molecular formula is C16H21NO3. The van der Waals surface area contributed by atoms with Crippen LogP contribution in [-0.2, 0) is 16.0 Å². The fourth-order valence-electron chi connectivity index (χ4n) is 2.49. The molecule has 0 atom stereocenters. The lowest BCUT2D eigenvalue weighted by Gasteiger charge is -2.12. The second kappa shape index (κ2) is 7.08. The fourth-order valence-corrected chi connectivity index (χ4v) is 2.49. The molecule has 4 nitrogen and oxygen atoms in total. The summed E-state index contributed by atoms with van der Waals surface area (Å²) in [5.74, 6) is 0.255. The van der Waals surface area contributed by atoms with Gasteiger partial charge in [-0.05, 0) is 43.4 Å². The average Bonchev–Trinajstić information content (AvgIpc) is 2.86. The molecule has 1 aromatic carbocycles. The van der Waals surface area contributed by atoms with E-state index in [-0.39, 0.29) is 17.6 Å². The molecule has 108 valence electrons. The number of benzene rings is 1. The number of hydrogen-bond donors (Lipinski definition) is 1. The van der Waals surface area contributed by atoms with E-state index in [9.17, 15) is 14.7 Å². The number of aryl methyl sites for hydroxylation is 1. The zero-order valence-electron chi connectivity index (χ0n) is 11.7. The molecule has 4 heteroatoms. The van der Waals surface area contributed by atoms with E-state index in [4.69, 9.17) is 0 Å². The van der Waals surface area contributed by atoms with Gasteiger partial charge in [-0.1, -0.05) is 18.6 Å². The van der Waals surface area contributed by atoms with Gasteiger partial charge in [0, 0.05) is 19.4 Å². The summed E-state index contributed by atoms with van der Waals surface area (Å²) < 4.78 is 0. The summed E-state index contributed by atoms with van der Waals surface area (Å²) in [5.41, 5.74) is 1.20. The molecule has 20 heavy (non-hydrogen) atoms. The van der Waals surface area contributed by atoms with Gasteiger partial charge in [-0.25, -0.2) is 0 Å². The molecule has 0 radical (unpaired) electrons. The van der Waals surface area contributed by atoms with Gasteiger partial charge in [0.05, 0.1) is 0 Å². The molecular weight excluding hydrogens is 254 g/mol. The number of rotatable bonds is 6. The zero-order chi connectivity index (χ0) is 14.4. The highest BCUT2D eigenvalue weighted by atomic mass is 16.3. The summed E-state index contributed by atoms with van der Waals surface area (Å²) in [7, 11) is 0. The predicted molar refractivity (Wildman–Crippen MR) is 76.2 cm³/mol. The maximum Gasteiger partial charge on any atom is 0.229 e. The quantitative estimate of drug-likeness (QED) is 0.812. The number of likely N-dealkylation sites (tertiary alicyclic amines) is 1. The standard InChI is InChI=1S/C16H21NO3/c18-14-10-8-13(9-11-14)5-2-1-3-6-15(19)17-12-4-7-16(17)20/h8-11,18H,1-7,12H2. The molecule has 0 saturated carbocycles. The summed E-state index contributed by atoms with van der Waals surface area (Å²) in [6, 6.07) is 7.22. The Kier molecular flexibility index (Phi) is 5.16. The minimum Gasteiger partial charge on any atom is -0.508 e. The first-order valence-corrected chi connectivity index (χ1v) is 7.28. The number of carbonyl (C=O) groups is 2. The average molecular weight is 275 g/mol. The minimum atomic E-state index is -0.0165. The molecule has 1 saturated heterocycles. The van der Waals surface area contributed by atoms with E-state index in [1.807, 2.05) is 12.1 Å². The maximum absolute atomic E-state index is 11.8. The number of phenols is 1. The van der Waals surface area contributed by atoms with Crippen molar-refractivity contribution in [1.82, 2.24) is 4.90 Å². The molecule has 0 aromatic heterocycles. The molecule has 0 unspecified atom stereocenters. The highest BCUT2D eigenvalue weighted by Gasteiger charge is 2.25. The van der Waals surface area contributed by atoms with Gasteiger partial charge in [-0.2, -0.15) is 0 Å². The second-order valence-electron chi connectivity index (χ2n) is 5.27. The Morgan fingerprint density at radius 1 is 1.15 bits per heavy atom. The summed E-state index contributed by atoms with van der Waals surface area (Å²) in [4.78, 5) is 24.6. The summed E-state index contributed by atoms with van der Waals surface area (Å²) in [6.07, 6.45) is 5.60. The van der Waals surface area contributed by atoms with Crippen molar-refractivity contribution < 1.29 is 14.7 Å². The Morgan fingerprint density at radius 3 is 2.55 bits per heavy atom. The first kappa shape index (κ1) is 14.6. The van der Waals surface area contributed by atoms with Crippen molar-refractivity contribution in [3.63, 3.8) is 0 Å². The molecule has 1 fully saturated rings. The van der Waals surface area contributed by atoms with E-state index in [0.717, 1.165) is 32.1 Å². The first-order chi connectivity index (χ1) is 9.66. The number of unbranched alkanes of at least 4 members (excludes halogenated alkanes) is 2. The number of amides is 2. The SMILES string of the molecule is O=C(CCCCCc1ccc(O)cc1)N1CCCC1=O. The highest BCUT2D eigenvalue weighted by Crippen LogP contribution is 2.15. The number of phenolic OH excluding ortho intramolecular Hbond substituents is 1. The van der Waals surface area contributed by atoms with Crippen molar-refractivity contribution in [2.45, 2.75) is 44.9 Å². The first-order valence-electron chi connectivity index (χ1n) is 7.28. The maximum atomic E-state index is 11.8. The number of aromatic hydroxyl groups is 1. The third-order valence-corrected chi connectivity index (χ3v) is 3.67. The van der Waals surface area contributed by atoms with Crippen LogP contribution >= 0.6 is 0 Å². The van der Waals surface area contributed by atoms with Crippen LogP contribution in [0.5, 0.6) is 5.75 Å². The molecule has 1 aromatic rings. The van der Waals surface area contributed by atoms with Crippen LogP contribution in [0.3, 0.4) is 0 Å². The van der Waals surface area contributed by atoms with Crippen LogP contribution in [-0.4, -0.2) is 28.4 Å². The van der Waals surface area contributed by atoms with Crippen LogP contribution in [0.2, 0.25) is 0 Å². The van der Waals surface area contributed by atoms with Crippen LogP contribution in [0.25, 0.3) is 0 Å². The van der Waals surface area contributed by atoms with Gasteiger partial charge in [0.1, 0.15) is 5.75 Å². The van der Waals surface area contributed by atoms with Crippen molar-refractivity contribution in [3.05, 3.63) is 29.8 Å². The second-order valence-corrected chi connectivity index (χ2v) is 5.27. The van der Waals surface area contributed by atoms with E-state index in [0.29, 0.717) is 19.4 Å². The van der Waals surface area contributed by atoms with Crippen LogP contribution in [0.15, 0.2) is 24.3 Å². The molecule has 1 aliphatic heterocycles. The van der Waals surface area contributed by atoms with E-state index >= 15 is 0 Å². The molecule has 1 heterocycles. The lowest BCUT2D eigenvalue weighted by Crippen LogP contribution is -2.31. The van der Waals surface area contributed by atoms with Crippen LogP contribution in [0.1, 0.15) is 44.1 Å². The zero-order valence-corrected chi connectivity index (χ0v) is 11.7. The van der Waals surface area contributed by atoms with Gasteiger partial charge in [-0.3, -0.25) is 14.5 Å². The Labute approximate surface area is 119 Å². The van der Waals surface area contributed by atoms with Gasteiger partial charge in [0.25, 0.3) is 0 Å². The Morgan fingerprint density at radius 2 is 1.90 bits per heavy atom. The van der Waals surface area contributed by atoms with Crippen molar-refractivity contribution in [2.24, 2.45) is 0 Å². The van der Waals surface area contributed by atoms with Crippen molar-refractivity contribution in [1.29, 1.82) is 0 Å². The number of carbonyl (C=O) groups excluding carboxylic acids is 2. The van der Waals surface area contributed by atoms with Crippen LogP contribution in [0, 0.1) is 0 Å². The highest BCUT2D eigenvalue weighted by molar-refractivity contribution is 5.96. The normalized spacial score (nSPS) is 14.8. The van der Waals surface area contributed by atoms with E-state index < -0.39 is 0 Å². The minimum absolute atomic E-state index is 0.0147. The Balaban J connectivity index is 1.60. The van der Waals surface area contributed by atoms with E-state index in [1.165, 1.54) is 10.5 Å². The van der Waals surface area contributed by atoms with Gasteiger partial charge in [0.15, 0.2) is 0 Å². The smallest absolute Gasteiger partial charge is 0.229 e. The fraction of sp³-hybridized carbons (Fsp3) is 0.500. The predicted octanol–water partition coefficient (Wildman–Crippen LogP) is 2.64. The van der Waals surface area contributed by atoms with Crippen molar-refractivity contribution in [3.8, 4) is 5.75 Å². The van der Waals surface area contributed by atoms with Gasteiger partial charge in [-0.15, -0.1) is 0 Å². The summed E-state index contributed by atoms with van der Waals surface area (Å²) in [5, 5.41) is 9.18. The number of imide groups is 1. The number of hydrogen-bond acceptors (Lipinski definition) is 3. The summed E-state index contributed by atoms with van der Waals surface area (Å²) in [6.45, 7) is 0.602. The monoisotopic (exact) mass is 275 g/mol. The summed E-state index contributed by atoms with van der Waals surface area (Å²) >= 11 is 0. The van der Waals surface area contributed by atoms with E-state index in [1.54, 1.807) is 12.1 Å². The Hall–Kier alpha value is -1.84. The third-order valence-electron chi connectivity index (χ3n) is 3.67. The van der Waals surface area contributed by atoms with Gasteiger partial charge >= 0.3 is 0 Å². The molecule has 1 N–H and O–H groups in total. The molecule has 0 aliphatic carbocycles.